The smallest absolute Gasteiger partial charge is 0.0541 e. The van der Waals surface area contributed by atoms with Crippen molar-refractivity contribution in [2.45, 2.75) is 0 Å². The SMILES string of the molecule is c1ccc(-c2ccc(N(c3ccc(-c4ccccc4-n4c5ccccc5c5ccccc54)cc3)c3cccc(-c4cc5ccccc5c5ccccc45)c3)c(-c3ccccc3)c2)cc1. The van der Waals surface area contributed by atoms with Crippen LogP contribution in [0.15, 0.2) is 255 Å². The standard InChI is InChI=1S/C62H42N2/c1-3-18-43(19-4-1)46-36-39-62(58(41-46)44-20-5-2-6-21-44)63(50-24-17-23-47(40-50)57-42-48-22-7-8-25-51(48)53-27-9-10-28-54(53)57)49-37-34-45(35-38-49)52-26-11-14-31-59(52)64-60-32-15-12-29-55(60)56-30-13-16-33-61(56)64/h1-42H. The number of para-hydroxylation sites is 3. The number of fused-ring (bicyclic) bond motifs is 6. The highest BCUT2D eigenvalue weighted by Crippen LogP contribution is 2.45. The van der Waals surface area contributed by atoms with Crippen LogP contribution in [-0.4, -0.2) is 4.57 Å². The summed E-state index contributed by atoms with van der Waals surface area (Å²) in [5, 5.41) is 7.52. The Bertz CT molecular complexity index is 3610. The highest BCUT2D eigenvalue weighted by molar-refractivity contribution is 6.14. The summed E-state index contributed by atoms with van der Waals surface area (Å²) in [6.07, 6.45) is 0. The zero-order valence-electron chi connectivity index (χ0n) is 35.1. The van der Waals surface area contributed by atoms with Crippen molar-refractivity contribution in [3.63, 3.8) is 0 Å². The lowest BCUT2D eigenvalue weighted by Crippen LogP contribution is -2.11. The summed E-state index contributed by atoms with van der Waals surface area (Å²) in [6.45, 7) is 0. The molecule has 12 aromatic rings. The highest BCUT2D eigenvalue weighted by Gasteiger charge is 2.21. The normalized spacial score (nSPS) is 11.4. The number of benzene rings is 11. The third-order valence-electron chi connectivity index (χ3n) is 12.8. The number of aromatic nitrogens is 1. The summed E-state index contributed by atoms with van der Waals surface area (Å²) in [7, 11) is 0. The predicted octanol–water partition coefficient (Wildman–Crippen LogP) is 17.2. The largest absolute Gasteiger partial charge is 0.310 e. The molecule has 0 spiro atoms. The van der Waals surface area contributed by atoms with Gasteiger partial charge in [0.15, 0.2) is 0 Å². The molecule has 0 aliphatic carbocycles. The van der Waals surface area contributed by atoms with Crippen LogP contribution in [0.4, 0.5) is 17.1 Å². The van der Waals surface area contributed by atoms with Gasteiger partial charge in [-0.25, -0.2) is 0 Å². The van der Waals surface area contributed by atoms with E-state index in [2.05, 4.69) is 264 Å². The summed E-state index contributed by atoms with van der Waals surface area (Å²) in [6, 6.07) is 92.7. The van der Waals surface area contributed by atoms with E-state index in [0.29, 0.717) is 0 Å². The minimum atomic E-state index is 1.07. The topological polar surface area (TPSA) is 8.17 Å². The van der Waals surface area contributed by atoms with Gasteiger partial charge in [0.25, 0.3) is 0 Å². The Morgan fingerprint density at radius 1 is 0.266 bits per heavy atom. The zero-order valence-corrected chi connectivity index (χ0v) is 35.1. The van der Waals surface area contributed by atoms with Crippen molar-refractivity contribution in [1.82, 2.24) is 4.57 Å². The van der Waals surface area contributed by atoms with E-state index in [-0.39, 0.29) is 0 Å². The van der Waals surface area contributed by atoms with Crippen molar-refractivity contribution in [3.8, 4) is 50.2 Å². The van der Waals surface area contributed by atoms with E-state index in [1.165, 1.54) is 71.2 Å². The number of nitrogens with zero attached hydrogens (tertiary/aromatic N) is 2. The molecule has 0 fully saturated rings. The van der Waals surface area contributed by atoms with Gasteiger partial charge in [0.05, 0.1) is 22.4 Å². The minimum absolute atomic E-state index is 1.07. The van der Waals surface area contributed by atoms with Crippen molar-refractivity contribution in [1.29, 1.82) is 0 Å². The molecule has 0 bridgehead atoms. The number of anilines is 3. The lowest BCUT2D eigenvalue weighted by atomic mass is 9.92. The second kappa shape index (κ2) is 15.8. The molecule has 300 valence electrons. The molecule has 0 aliphatic heterocycles. The highest BCUT2D eigenvalue weighted by atomic mass is 15.1. The van der Waals surface area contributed by atoms with Gasteiger partial charge in [0.2, 0.25) is 0 Å². The van der Waals surface area contributed by atoms with E-state index in [1.54, 1.807) is 0 Å². The first-order valence-electron chi connectivity index (χ1n) is 22.0. The molecule has 64 heavy (non-hydrogen) atoms. The van der Waals surface area contributed by atoms with E-state index in [4.69, 9.17) is 0 Å². The molecule has 0 radical (unpaired) electrons. The molecule has 0 aliphatic rings. The van der Waals surface area contributed by atoms with Crippen LogP contribution in [0.5, 0.6) is 0 Å². The second-order valence-electron chi connectivity index (χ2n) is 16.5. The van der Waals surface area contributed by atoms with Gasteiger partial charge >= 0.3 is 0 Å². The van der Waals surface area contributed by atoms with Crippen LogP contribution < -0.4 is 4.90 Å². The Morgan fingerprint density at radius 3 is 1.55 bits per heavy atom. The van der Waals surface area contributed by atoms with E-state index in [0.717, 1.165) is 39.4 Å². The molecule has 2 nitrogen and oxygen atoms in total. The van der Waals surface area contributed by atoms with Crippen LogP contribution in [0.25, 0.3) is 93.5 Å². The molecule has 0 N–H and O–H groups in total. The van der Waals surface area contributed by atoms with E-state index in [9.17, 15) is 0 Å². The third-order valence-corrected chi connectivity index (χ3v) is 12.8. The van der Waals surface area contributed by atoms with E-state index in [1.807, 2.05) is 0 Å². The summed E-state index contributed by atoms with van der Waals surface area (Å²) in [4.78, 5) is 2.44. The van der Waals surface area contributed by atoms with Gasteiger partial charge in [-0.3, -0.25) is 0 Å². The summed E-state index contributed by atoms with van der Waals surface area (Å²) in [5.74, 6) is 0. The average Bonchev–Trinajstić information content (AvgIpc) is 3.71. The molecule has 0 unspecified atom stereocenters. The first kappa shape index (κ1) is 37.3. The lowest BCUT2D eigenvalue weighted by molar-refractivity contribution is 1.18. The van der Waals surface area contributed by atoms with Crippen LogP contribution in [0, 0.1) is 0 Å². The minimum Gasteiger partial charge on any atom is -0.310 e. The lowest BCUT2D eigenvalue weighted by Gasteiger charge is -2.29. The van der Waals surface area contributed by atoms with Crippen LogP contribution in [-0.2, 0) is 0 Å². The summed E-state index contributed by atoms with van der Waals surface area (Å²) < 4.78 is 2.42. The molecule has 0 saturated heterocycles. The molecular weight excluding hydrogens is 773 g/mol. The number of hydrogen-bond acceptors (Lipinski definition) is 1. The summed E-state index contributed by atoms with van der Waals surface area (Å²) >= 11 is 0. The van der Waals surface area contributed by atoms with Gasteiger partial charge in [-0.15, -0.1) is 0 Å². The maximum Gasteiger partial charge on any atom is 0.0541 e. The molecule has 1 aromatic heterocycles. The van der Waals surface area contributed by atoms with Crippen molar-refractivity contribution in [2.75, 3.05) is 4.90 Å². The Morgan fingerprint density at radius 2 is 0.812 bits per heavy atom. The van der Waals surface area contributed by atoms with Crippen LogP contribution >= 0.6 is 0 Å². The van der Waals surface area contributed by atoms with Gasteiger partial charge in [-0.05, 0) is 116 Å². The van der Waals surface area contributed by atoms with Gasteiger partial charge in [0, 0.05) is 33.3 Å². The molecule has 2 heteroatoms. The maximum atomic E-state index is 2.44. The fourth-order valence-electron chi connectivity index (χ4n) is 9.81. The van der Waals surface area contributed by atoms with Crippen LogP contribution in [0.1, 0.15) is 0 Å². The fraction of sp³-hybridized carbons (Fsp3) is 0. The fourth-order valence-corrected chi connectivity index (χ4v) is 9.81. The molecule has 1 heterocycles. The van der Waals surface area contributed by atoms with E-state index < -0.39 is 0 Å². The van der Waals surface area contributed by atoms with Gasteiger partial charge in [-0.1, -0.05) is 194 Å². The molecule has 0 atom stereocenters. The maximum absolute atomic E-state index is 2.44. The average molecular weight is 815 g/mol. The van der Waals surface area contributed by atoms with Crippen molar-refractivity contribution >= 4 is 60.4 Å². The Hall–Kier alpha value is -8.46. The van der Waals surface area contributed by atoms with Gasteiger partial charge in [-0.2, -0.15) is 0 Å². The summed E-state index contributed by atoms with van der Waals surface area (Å²) in [5.41, 5.74) is 16.2. The van der Waals surface area contributed by atoms with E-state index >= 15 is 0 Å². The monoisotopic (exact) mass is 814 g/mol. The first-order chi connectivity index (χ1) is 31.8. The molecule has 12 rings (SSSR count). The van der Waals surface area contributed by atoms with Crippen molar-refractivity contribution in [2.24, 2.45) is 0 Å². The Labute approximate surface area is 373 Å². The molecular formula is C62H42N2. The quantitative estimate of drug-likeness (QED) is 0.139. The second-order valence-corrected chi connectivity index (χ2v) is 16.5. The molecule has 0 saturated carbocycles. The molecule has 0 amide bonds. The van der Waals surface area contributed by atoms with Crippen molar-refractivity contribution in [3.05, 3.63) is 255 Å². The molecule has 11 aromatic carbocycles. The van der Waals surface area contributed by atoms with Gasteiger partial charge in [0.1, 0.15) is 0 Å². The van der Waals surface area contributed by atoms with Crippen LogP contribution in [0.3, 0.4) is 0 Å². The third kappa shape index (κ3) is 6.44. The Balaban J connectivity index is 1.05. The zero-order chi connectivity index (χ0) is 42.4. The predicted molar refractivity (Wildman–Crippen MR) is 272 cm³/mol. The van der Waals surface area contributed by atoms with Crippen LogP contribution in [0.2, 0.25) is 0 Å². The van der Waals surface area contributed by atoms with Gasteiger partial charge < -0.3 is 9.47 Å². The number of hydrogen-bond donors (Lipinski definition) is 0. The first-order valence-corrected chi connectivity index (χ1v) is 22.0. The number of rotatable bonds is 8. The Kier molecular flexibility index (Phi) is 9.20. The van der Waals surface area contributed by atoms with Crippen molar-refractivity contribution < 1.29 is 0 Å².